The number of pyridine rings is 1. The normalized spacial score (nSPS) is 21.8. The van der Waals surface area contributed by atoms with Crippen LogP contribution in [0.25, 0.3) is 0 Å². The number of anilines is 3. The number of rotatable bonds is 5. The van der Waals surface area contributed by atoms with Crippen molar-refractivity contribution in [2.75, 3.05) is 22.1 Å². The quantitative estimate of drug-likeness (QED) is 0.862. The van der Waals surface area contributed by atoms with Gasteiger partial charge in [0.15, 0.2) is 0 Å². The zero-order valence-electron chi connectivity index (χ0n) is 15.0. The lowest BCUT2D eigenvalue weighted by atomic mass is 10.2. The van der Waals surface area contributed by atoms with Crippen LogP contribution in [0.5, 0.6) is 0 Å². The highest BCUT2D eigenvalue weighted by atomic mass is 15.1. The van der Waals surface area contributed by atoms with Gasteiger partial charge in [0.2, 0.25) is 0 Å². The minimum Gasteiger partial charge on any atom is -0.367 e. The van der Waals surface area contributed by atoms with Gasteiger partial charge >= 0.3 is 0 Å². The summed E-state index contributed by atoms with van der Waals surface area (Å²) in [5, 5.41) is 7.06. The van der Waals surface area contributed by atoms with Crippen molar-refractivity contribution in [2.24, 2.45) is 0 Å². The summed E-state index contributed by atoms with van der Waals surface area (Å²) in [5.74, 6) is 1.80. The van der Waals surface area contributed by atoms with Gasteiger partial charge in [-0.25, -0.2) is 9.97 Å². The lowest BCUT2D eigenvalue weighted by Gasteiger charge is -2.21. The monoisotopic (exact) mass is 348 g/mol. The molecular formula is C20H24N6. The van der Waals surface area contributed by atoms with Gasteiger partial charge in [-0.05, 0) is 44.4 Å². The highest BCUT2D eigenvalue weighted by Gasteiger charge is 2.25. The lowest BCUT2D eigenvalue weighted by Crippen LogP contribution is -2.22. The maximum atomic E-state index is 4.58. The first-order chi connectivity index (χ1) is 12.8. The largest absolute Gasteiger partial charge is 0.367 e. The zero-order chi connectivity index (χ0) is 17.8. The lowest BCUT2D eigenvalue weighted by molar-refractivity contribution is 0.719. The Morgan fingerprint density at radius 1 is 1.00 bits per heavy atom. The number of aryl methyl sites for hydroxylation is 1. The Bertz CT molecular complexity index is 798. The van der Waals surface area contributed by atoms with Crippen molar-refractivity contribution in [2.45, 2.75) is 38.3 Å². The van der Waals surface area contributed by atoms with Gasteiger partial charge < -0.3 is 15.5 Å². The van der Waals surface area contributed by atoms with Crippen LogP contribution < -0.4 is 15.5 Å². The summed E-state index contributed by atoms with van der Waals surface area (Å²) < 4.78 is 0. The van der Waals surface area contributed by atoms with Crippen LogP contribution in [0.3, 0.4) is 0 Å². The summed E-state index contributed by atoms with van der Waals surface area (Å²) in [4.78, 5) is 15.4. The van der Waals surface area contributed by atoms with E-state index in [9.17, 15) is 0 Å². The van der Waals surface area contributed by atoms with Crippen molar-refractivity contribution in [3.05, 3.63) is 60.8 Å². The molecule has 26 heavy (non-hydrogen) atoms. The van der Waals surface area contributed by atoms with Gasteiger partial charge in [0.1, 0.15) is 11.6 Å². The second-order valence-electron chi connectivity index (χ2n) is 6.86. The summed E-state index contributed by atoms with van der Waals surface area (Å²) in [7, 11) is 0. The third-order valence-electron chi connectivity index (χ3n) is 4.79. The fraction of sp³-hybridized carbons (Fsp3) is 0.350. The van der Waals surface area contributed by atoms with Crippen molar-refractivity contribution < 1.29 is 0 Å². The zero-order valence-corrected chi connectivity index (χ0v) is 15.0. The first-order valence-corrected chi connectivity index (χ1v) is 9.14. The van der Waals surface area contributed by atoms with Crippen LogP contribution in [-0.4, -0.2) is 33.6 Å². The molecule has 0 spiro atoms. The minimum absolute atomic E-state index is 0.424. The Balaban J connectivity index is 1.31. The van der Waals surface area contributed by atoms with E-state index in [1.807, 2.05) is 19.2 Å². The average Bonchev–Trinajstić information content (AvgIpc) is 3.10. The molecular weight excluding hydrogens is 324 g/mol. The topological polar surface area (TPSA) is 66.0 Å². The molecule has 2 aromatic rings. The van der Waals surface area contributed by atoms with Crippen LogP contribution in [0.1, 0.15) is 25.0 Å². The highest BCUT2D eigenvalue weighted by Crippen LogP contribution is 2.25. The van der Waals surface area contributed by atoms with Crippen molar-refractivity contribution in [3.63, 3.8) is 0 Å². The average molecular weight is 348 g/mol. The Hall–Kier alpha value is -2.89. The van der Waals surface area contributed by atoms with E-state index in [2.05, 4.69) is 61.0 Å². The second kappa shape index (κ2) is 7.56. The SMILES string of the molecule is Cc1cncc(N[C@H]2CC[C@H](Nc3ccc(N4C=CC=CC4)cn3)C2)n1. The molecule has 2 atom stereocenters. The van der Waals surface area contributed by atoms with E-state index in [4.69, 9.17) is 0 Å². The van der Waals surface area contributed by atoms with Crippen LogP contribution >= 0.6 is 0 Å². The number of aromatic nitrogens is 3. The molecule has 4 rings (SSSR count). The summed E-state index contributed by atoms with van der Waals surface area (Å²) in [6, 6.07) is 5.04. The molecule has 1 saturated carbocycles. The maximum Gasteiger partial charge on any atom is 0.145 e. The van der Waals surface area contributed by atoms with E-state index in [1.54, 1.807) is 12.4 Å². The molecule has 1 aliphatic carbocycles. The molecule has 0 radical (unpaired) electrons. The van der Waals surface area contributed by atoms with Gasteiger partial charge in [0.05, 0.1) is 23.8 Å². The van der Waals surface area contributed by atoms with Crippen LogP contribution in [0.15, 0.2) is 55.2 Å². The highest BCUT2D eigenvalue weighted by molar-refractivity contribution is 5.53. The van der Waals surface area contributed by atoms with Gasteiger partial charge in [-0.3, -0.25) is 4.98 Å². The van der Waals surface area contributed by atoms with E-state index in [1.165, 1.54) is 0 Å². The van der Waals surface area contributed by atoms with E-state index >= 15 is 0 Å². The molecule has 0 amide bonds. The molecule has 3 heterocycles. The number of hydrogen-bond acceptors (Lipinski definition) is 6. The van der Waals surface area contributed by atoms with Gasteiger partial charge in [-0.15, -0.1) is 0 Å². The molecule has 1 fully saturated rings. The molecule has 0 aromatic carbocycles. The molecule has 0 saturated heterocycles. The third-order valence-corrected chi connectivity index (χ3v) is 4.79. The number of allylic oxidation sites excluding steroid dienone is 2. The molecule has 6 nitrogen and oxygen atoms in total. The van der Waals surface area contributed by atoms with E-state index in [-0.39, 0.29) is 0 Å². The molecule has 6 heteroatoms. The molecule has 2 aromatic heterocycles. The Morgan fingerprint density at radius 2 is 1.85 bits per heavy atom. The van der Waals surface area contributed by atoms with Crippen LogP contribution in [0.2, 0.25) is 0 Å². The Morgan fingerprint density at radius 3 is 2.54 bits per heavy atom. The van der Waals surface area contributed by atoms with Gasteiger partial charge in [-0.2, -0.15) is 0 Å². The molecule has 2 N–H and O–H groups in total. The summed E-state index contributed by atoms with van der Waals surface area (Å²) in [5.41, 5.74) is 2.05. The Labute approximate surface area is 154 Å². The van der Waals surface area contributed by atoms with E-state index in [0.29, 0.717) is 12.1 Å². The molecule has 0 bridgehead atoms. The summed E-state index contributed by atoms with van der Waals surface area (Å²) in [6.07, 6.45) is 17.1. The summed E-state index contributed by atoms with van der Waals surface area (Å²) in [6.45, 7) is 2.85. The standard InChI is InChI=1S/C20H24N6/c1-15-12-21-14-20(23-15)25-17-6-5-16(11-17)24-19-8-7-18(13-22-19)26-9-3-2-4-10-26/h2-4,7-9,12-14,16-17H,5-6,10-11H2,1H3,(H,22,24)(H,23,25)/t16-,17-/m0/s1. The minimum atomic E-state index is 0.424. The first kappa shape index (κ1) is 16.6. The van der Waals surface area contributed by atoms with E-state index < -0.39 is 0 Å². The van der Waals surface area contributed by atoms with Gasteiger partial charge in [-0.1, -0.05) is 12.2 Å². The van der Waals surface area contributed by atoms with Crippen LogP contribution in [0, 0.1) is 6.92 Å². The molecule has 134 valence electrons. The second-order valence-corrected chi connectivity index (χ2v) is 6.86. The number of hydrogen-bond donors (Lipinski definition) is 2. The van der Waals surface area contributed by atoms with E-state index in [0.717, 1.165) is 48.8 Å². The van der Waals surface area contributed by atoms with Crippen LogP contribution in [-0.2, 0) is 0 Å². The van der Waals surface area contributed by atoms with Crippen molar-refractivity contribution >= 4 is 17.3 Å². The fourth-order valence-electron chi connectivity index (χ4n) is 3.50. The number of nitrogens with one attached hydrogen (secondary N) is 2. The first-order valence-electron chi connectivity index (χ1n) is 9.14. The fourth-order valence-corrected chi connectivity index (χ4v) is 3.50. The molecule has 0 unspecified atom stereocenters. The Kier molecular flexibility index (Phi) is 4.82. The van der Waals surface area contributed by atoms with Crippen LogP contribution in [0.4, 0.5) is 17.3 Å². The maximum absolute atomic E-state index is 4.58. The van der Waals surface area contributed by atoms with Crippen molar-refractivity contribution in [1.82, 2.24) is 15.0 Å². The smallest absolute Gasteiger partial charge is 0.145 e. The molecule has 2 aliphatic rings. The third kappa shape index (κ3) is 4.02. The number of nitrogens with zero attached hydrogens (tertiary/aromatic N) is 4. The predicted molar refractivity (Wildman–Crippen MR) is 105 cm³/mol. The van der Waals surface area contributed by atoms with Crippen molar-refractivity contribution in [1.29, 1.82) is 0 Å². The summed E-state index contributed by atoms with van der Waals surface area (Å²) >= 11 is 0. The van der Waals surface area contributed by atoms with Crippen molar-refractivity contribution in [3.8, 4) is 0 Å². The molecule has 1 aliphatic heterocycles. The van der Waals surface area contributed by atoms with Gasteiger partial charge in [0.25, 0.3) is 0 Å². The predicted octanol–water partition coefficient (Wildman–Crippen LogP) is 3.52. The van der Waals surface area contributed by atoms with Gasteiger partial charge in [0, 0.05) is 31.0 Å².